The minimum absolute atomic E-state index is 0.0633. The Morgan fingerprint density at radius 2 is 2.05 bits per heavy atom. The molecule has 0 amide bonds. The molecule has 0 aliphatic carbocycles. The Labute approximate surface area is 120 Å². The molecular weight excluding hydrogens is 274 g/mol. The van der Waals surface area contributed by atoms with Gasteiger partial charge in [-0.3, -0.25) is 15.0 Å². The summed E-state index contributed by atoms with van der Waals surface area (Å²) in [4.78, 5) is 12.8. The molecule has 2 rings (SSSR count). The molecule has 5 nitrogen and oxygen atoms in total. The van der Waals surface area contributed by atoms with Gasteiger partial charge in [-0.1, -0.05) is 41.7 Å². The van der Waals surface area contributed by atoms with Gasteiger partial charge in [-0.15, -0.1) is 0 Å². The first-order valence-electron chi connectivity index (χ1n) is 5.99. The third-order valence-corrected chi connectivity index (χ3v) is 3.99. The van der Waals surface area contributed by atoms with Crippen LogP contribution in [-0.2, 0) is 6.54 Å². The van der Waals surface area contributed by atoms with Crippen molar-refractivity contribution in [2.24, 2.45) is 0 Å². The molecule has 0 aliphatic heterocycles. The first-order chi connectivity index (χ1) is 9.61. The number of thiophene rings is 1. The van der Waals surface area contributed by atoms with Crippen molar-refractivity contribution >= 4 is 16.3 Å². The van der Waals surface area contributed by atoms with E-state index < -0.39 is 11.0 Å². The topological polar surface area (TPSA) is 70.2 Å². The molecule has 0 fully saturated rings. The van der Waals surface area contributed by atoms with Crippen molar-refractivity contribution in [3.63, 3.8) is 0 Å². The van der Waals surface area contributed by atoms with Crippen LogP contribution < -0.4 is 0 Å². The Hall–Kier alpha value is -2.23. The van der Waals surface area contributed by atoms with E-state index >= 15 is 0 Å². The molecular formula is C14H13N3O2S. The summed E-state index contributed by atoms with van der Waals surface area (Å²) >= 11 is 1.05. The zero-order chi connectivity index (χ0) is 14.5. The lowest BCUT2D eigenvalue weighted by atomic mass is 10.2. The number of nitrogens with zero attached hydrogens (tertiary/aromatic N) is 3. The maximum absolute atomic E-state index is 10.7. The minimum Gasteiger partial charge on any atom is -0.282 e. The van der Waals surface area contributed by atoms with Crippen LogP contribution in [0.2, 0.25) is 0 Å². The van der Waals surface area contributed by atoms with E-state index in [1.165, 1.54) is 6.07 Å². The molecule has 2 aromatic rings. The third kappa shape index (κ3) is 3.20. The van der Waals surface area contributed by atoms with Crippen LogP contribution in [0.5, 0.6) is 0 Å². The molecule has 0 bridgehead atoms. The van der Waals surface area contributed by atoms with Gasteiger partial charge >= 0.3 is 5.00 Å². The summed E-state index contributed by atoms with van der Waals surface area (Å²) < 4.78 is 0. The largest absolute Gasteiger partial charge is 0.324 e. The highest BCUT2D eigenvalue weighted by atomic mass is 32.1. The van der Waals surface area contributed by atoms with E-state index in [1.54, 1.807) is 6.07 Å². The molecule has 1 atom stereocenters. The lowest BCUT2D eigenvalue weighted by molar-refractivity contribution is -0.380. The van der Waals surface area contributed by atoms with Crippen LogP contribution in [0, 0.1) is 21.4 Å². The number of hydrogen-bond donors (Lipinski definition) is 0. The fourth-order valence-corrected chi connectivity index (χ4v) is 2.86. The van der Waals surface area contributed by atoms with Crippen molar-refractivity contribution in [2.75, 3.05) is 7.05 Å². The van der Waals surface area contributed by atoms with E-state index in [9.17, 15) is 15.4 Å². The van der Waals surface area contributed by atoms with Gasteiger partial charge in [0.15, 0.2) is 0 Å². The molecule has 1 aromatic carbocycles. The molecule has 0 saturated heterocycles. The second-order valence-corrected chi connectivity index (χ2v) is 5.46. The fraction of sp³-hybridized carbons (Fsp3) is 0.214. The summed E-state index contributed by atoms with van der Waals surface area (Å²) in [7, 11) is 1.84. The maximum Gasteiger partial charge on any atom is 0.324 e. The van der Waals surface area contributed by atoms with Gasteiger partial charge in [0.1, 0.15) is 6.04 Å². The summed E-state index contributed by atoms with van der Waals surface area (Å²) in [6, 6.07) is 14.6. The van der Waals surface area contributed by atoms with Gasteiger partial charge in [0.25, 0.3) is 0 Å². The SMILES string of the molecule is CN(Cc1ccccc1)C(C#N)c1ccc([N+](=O)[O-])s1. The van der Waals surface area contributed by atoms with Gasteiger partial charge in [-0.05, 0) is 18.7 Å². The molecule has 1 unspecified atom stereocenters. The first kappa shape index (κ1) is 14.2. The molecule has 102 valence electrons. The Bertz CT molecular complexity index is 633. The fourth-order valence-electron chi connectivity index (χ4n) is 1.93. The van der Waals surface area contributed by atoms with Gasteiger partial charge in [-0.25, -0.2) is 0 Å². The molecule has 0 aliphatic rings. The predicted octanol–water partition coefficient (Wildman–Crippen LogP) is 3.35. The smallest absolute Gasteiger partial charge is 0.282 e. The molecule has 20 heavy (non-hydrogen) atoms. The predicted molar refractivity (Wildman–Crippen MR) is 77.2 cm³/mol. The summed E-state index contributed by atoms with van der Waals surface area (Å²) in [5, 5.41) is 20.1. The van der Waals surface area contributed by atoms with Crippen molar-refractivity contribution in [2.45, 2.75) is 12.6 Å². The van der Waals surface area contributed by atoms with Crippen LogP contribution in [0.1, 0.15) is 16.5 Å². The second-order valence-electron chi connectivity index (χ2n) is 4.37. The van der Waals surface area contributed by atoms with Crippen LogP contribution >= 0.6 is 11.3 Å². The maximum atomic E-state index is 10.7. The highest BCUT2D eigenvalue weighted by molar-refractivity contribution is 7.15. The lowest BCUT2D eigenvalue weighted by Crippen LogP contribution is -2.22. The Morgan fingerprint density at radius 1 is 1.35 bits per heavy atom. The van der Waals surface area contributed by atoms with Crippen LogP contribution in [-0.4, -0.2) is 16.9 Å². The number of nitro groups is 1. The van der Waals surface area contributed by atoms with E-state index in [0.717, 1.165) is 16.9 Å². The molecule has 1 heterocycles. The monoisotopic (exact) mass is 287 g/mol. The molecule has 1 aromatic heterocycles. The zero-order valence-electron chi connectivity index (χ0n) is 10.9. The number of nitriles is 1. The Balaban J connectivity index is 2.15. The molecule has 0 spiro atoms. The molecule has 0 saturated carbocycles. The summed E-state index contributed by atoms with van der Waals surface area (Å²) in [6.07, 6.45) is 0. The Kier molecular flexibility index (Phi) is 4.45. The van der Waals surface area contributed by atoms with E-state index in [0.29, 0.717) is 11.4 Å². The highest BCUT2D eigenvalue weighted by Crippen LogP contribution is 2.31. The zero-order valence-corrected chi connectivity index (χ0v) is 11.7. The number of rotatable bonds is 5. The third-order valence-electron chi connectivity index (χ3n) is 2.90. The highest BCUT2D eigenvalue weighted by Gasteiger charge is 2.21. The van der Waals surface area contributed by atoms with Gasteiger partial charge in [0, 0.05) is 17.5 Å². The van der Waals surface area contributed by atoms with Crippen molar-refractivity contribution < 1.29 is 4.92 Å². The second kappa shape index (κ2) is 6.28. The van der Waals surface area contributed by atoms with Crippen LogP contribution in [0.4, 0.5) is 5.00 Å². The van der Waals surface area contributed by atoms with Gasteiger partial charge in [-0.2, -0.15) is 5.26 Å². The standard InChI is InChI=1S/C14H13N3O2S/c1-16(10-11-5-3-2-4-6-11)12(9-15)13-7-8-14(20-13)17(18)19/h2-8,12H,10H2,1H3. The van der Waals surface area contributed by atoms with Crippen molar-refractivity contribution in [1.29, 1.82) is 5.26 Å². The molecule has 0 radical (unpaired) electrons. The van der Waals surface area contributed by atoms with E-state index in [-0.39, 0.29) is 5.00 Å². The summed E-state index contributed by atoms with van der Waals surface area (Å²) in [5.41, 5.74) is 1.10. The first-order valence-corrected chi connectivity index (χ1v) is 6.81. The number of hydrogen-bond acceptors (Lipinski definition) is 5. The quantitative estimate of drug-likeness (QED) is 0.624. The summed E-state index contributed by atoms with van der Waals surface area (Å²) in [6.45, 7) is 0.616. The van der Waals surface area contributed by atoms with Gasteiger partial charge < -0.3 is 0 Å². The Morgan fingerprint density at radius 3 is 2.60 bits per heavy atom. The van der Waals surface area contributed by atoms with Crippen LogP contribution in [0.25, 0.3) is 0 Å². The van der Waals surface area contributed by atoms with Crippen LogP contribution in [0.3, 0.4) is 0 Å². The normalized spacial score (nSPS) is 12.1. The average Bonchev–Trinajstić information content (AvgIpc) is 2.90. The summed E-state index contributed by atoms with van der Waals surface area (Å²) in [5.74, 6) is 0. The van der Waals surface area contributed by atoms with Crippen molar-refractivity contribution in [3.8, 4) is 6.07 Å². The minimum atomic E-state index is -0.478. The van der Waals surface area contributed by atoms with Gasteiger partial charge in [0.2, 0.25) is 0 Å². The number of benzene rings is 1. The van der Waals surface area contributed by atoms with Crippen molar-refractivity contribution in [3.05, 3.63) is 63.0 Å². The van der Waals surface area contributed by atoms with Crippen molar-refractivity contribution in [1.82, 2.24) is 4.90 Å². The van der Waals surface area contributed by atoms with Crippen LogP contribution in [0.15, 0.2) is 42.5 Å². The molecule has 6 heteroatoms. The van der Waals surface area contributed by atoms with Gasteiger partial charge in [0.05, 0.1) is 11.0 Å². The lowest BCUT2D eigenvalue weighted by Gasteiger charge is -2.21. The van der Waals surface area contributed by atoms with E-state index in [1.807, 2.05) is 42.3 Å². The molecule has 0 N–H and O–H groups in total. The average molecular weight is 287 g/mol. The van der Waals surface area contributed by atoms with E-state index in [4.69, 9.17) is 0 Å². The van der Waals surface area contributed by atoms with E-state index in [2.05, 4.69) is 6.07 Å².